The quantitative estimate of drug-likeness (QED) is 0.357. The van der Waals surface area contributed by atoms with Crippen LogP contribution >= 0.6 is 0 Å². The van der Waals surface area contributed by atoms with Gasteiger partial charge in [0.05, 0.1) is 0 Å². The minimum atomic E-state index is -0.594. The minimum Gasteiger partial charge on any atom is -0.508 e. The van der Waals surface area contributed by atoms with Crippen molar-refractivity contribution in [1.82, 2.24) is 0 Å². The molecule has 4 heteroatoms. The molecule has 0 heterocycles. The van der Waals surface area contributed by atoms with Gasteiger partial charge in [-0.15, -0.1) is 0 Å². The fourth-order valence-corrected chi connectivity index (χ4v) is 1.47. The third-order valence-corrected chi connectivity index (χ3v) is 2.57. The third kappa shape index (κ3) is 3.41. The van der Waals surface area contributed by atoms with E-state index >= 15 is 0 Å². The van der Waals surface area contributed by atoms with Crippen molar-refractivity contribution in [2.24, 2.45) is 0 Å². The molecular weight excluding hydrogens is 220 g/mol. The fourth-order valence-electron chi connectivity index (χ4n) is 1.47. The number of aromatic hydroxyl groups is 1. The minimum absolute atomic E-state index is 0.0679. The highest BCUT2D eigenvalue weighted by Gasteiger charge is 2.14. The Labute approximate surface area is 100 Å². The topological polar surface area (TPSA) is 66.8 Å². The molecule has 1 atom stereocenters. The van der Waals surface area contributed by atoms with Crippen LogP contribution in [0.3, 0.4) is 0 Å². The highest BCUT2D eigenvalue weighted by Crippen LogP contribution is 2.22. The average Bonchev–Trinajstić information content (AvgIpc) is 2.27. The van der Waals surface area contributed by atoms with Crippen molar-refractivity contribution < 1.29 is 20.0 Å². The summed E-state index contributed by atoms with van der Waals surface area (Å²) >= 11 is 0. The number of ketones is 1. The van der Waals surface area contributed by atoms with Crippen LogP contribution in [-0.4, -0.2) is 22.3 Å². The van der Waals surface area contributed by atoms with Crippen molar-refractivity contribution in [3.8, 4) is 5.75 Å². The van der Waals surface area contributed by atoms with E-state index in [-0.39, 0.29) is 18.0 Å². The molecular formula is C13H16O4. The molecule has 0 saturated carbocycles. The lowest BCUT2D eigenvalue weighted by molar-refractivity contribution is -0.268. The van der Waals surface area contributed by atoms with Crippen LogP contribution < -0.4 is 0 Å². The summed E-state index contributed by atoms with van der Waals surface area (Å²) in [6, 6.07) is 4.60. The lowest BCUT2D eigenvalue weighted by atomic mass is 9.99. The standard InChI is InChI=1S/C13H16O4/c1-8(2)13(17-16)7-11-6-10(9(3)14)4-5-12(11)15/h4-6,13,15-16H,1,7H2,2-3H3. The number of benzene rings is 1. The summed E-state index contributed by atoms with van der Waals surface area (Å²) in [5.41, 5.74) is 1.69. The number of phenolic OH excluding ortho intramolecular Hbond substituents is 1. The molecule has 0 aliphatic heterocycles. The zero-order valence-corrected chi connectivity index (χ0v) is 9.93. The van der Waals surface area contributed by atoms with Gasteiger partial charge in [0.15, 0.2) is 5.78 Å². The zero-order valence-electron chi connectivity index (χ0n) is 9.93. The molecule has 0 bridgehead atoms. The second kappa shape index (κ2) is 5.61. The maximum Gasteiger partial charge on any atom is 0.159 e. The van der Waals surface area contributed by atoms with E-state index < -0.39 is 6.10 Å². The maximum atomic E-state index is 11.2. The van der Waals surface area contributed by atoms with Crippen LogP contribution in [0.2, 0.25) is 0 Å². The van der Waals surface area contributed by atoms with E-state index in [1.165, 1.54) is 13.0 Å². The Kier molecular flexibility index (Phi) is 4.43. The Balaban J connectivity index is 3.00. The van der Waals surface area contributed by atoms with Gasteiger partial charge in [-0.3, -0.25) is 10.1 Å². The first-order valence-electron chi connectivity index (χ1n) is 5.24. The van der Waals surface area contributed by atoms with Crippen LogP contribution in [0.1, 0.15) is 29.8 Å². The van der Waals surface area contributed by atoms with E-state index in [0.717, 1.165) is 0 Å². The van der Waals surface area contributed by atoms with Crippen molar-refractivity contribution in [3.05, 3.63) is 41.5 Å². The molecule has 1 rings (SSSR count). The first-order chi connectivity index (χ1) is 7.95. The molecule has 0 radical (unpaired) electrons. The Morgan fingerprint density at radius 2 is 2.12 bits per heavy atom. The molecule has 17 heavy (non-hydrogen) atoms. The Morgan fingerprint density at radius 1 is 1.47 bits per heavy atom. The highest BCUT2D eigenvalue weighted by atomic mass is 17.1. The Bertz CT molecular complexity index is 437. The van der Waals surface area contributed by atoms with Crippen LogP contribution in [0.15, 0.2) is 30.4 Å². The molecule has 0 aliphatic carbocycles. The lowest BCUT2D eigenvalue weighted by Gasteiger charge is -2.14. The van der Waals surface area contributed by atoms with E-state index in [4.69, 9.17) is 5.26 Å². The predicted octanol–water partition coefficient (Wildman–Crippen LogP) is 2.57. The molecule has 4 nitrogen and oxygen atoms in total. The molecule has 2 N–H and O–H groups in total. The van der Waals surface area contributed by atoms with Gasteiger partial charge in [-0.2, -0.15) is 0 Å². The van der Waals surface area contributed by atoms with E-state index in [0.29, 0.717) is 16.7 Å². The summed E-state index contributed by atoms with van der Waals surface area (Å²) < 4.78 is 0. The highest BCUT2D eigenvalue weighted by molar-refractivity contribution is 5.94. The molecule has 1 aromatic carbocycles. The van der Waals surface area contributed by atoms with E-state index in [1.807, 2.05) is 0 Å². The molecule has 0 fully saturated rings. The van der Waals surface area contributed by atoms with Gasteiger partial charge in [0.2, 0.25) is 0 Å². The van der Waals surface area contributed by atoms with Crippen LogP contribution in [-0.2, 0) is 11.3 Å². The van der Waals surface area contributed by atoms with E-state index in [2.05, 4.69) is 11.5 Å². The molecule has 0 aliphatic rings. The second-order valence-corrected chi connectivity index (χ2v) is 4.04. The van der Waals surface area contributed by atoms with Gasteiger partial charge in [0.1, 0.15) is 11.9 Å². The van der Waals surface area contributed by atoms with Gasteiger partial charge in [0, 0.05) is 12.0 Å². The van der Waals surface area contributed by atoms with Crippen LogP contribution in [0.4, 0.5) is 0 Å². The van der Waals surface area contributed by atoms with Crippen molar-refractivity contribution in [3.63, 3.8) is 0 Å². The third-order valence-electron chi connectivity index (χ3n) is 2.57. The Hall–Kier alpha value is -1.65. The fraction of sp³-hybridized carbons (Fsp3) is 0.308. The summed E-state index contributed by atoms with van der Waals surface area (Å²) in [4.78, 5) is 15.5. The van der Waals surface area contributed by atoms with Crippen LogP contribution in [0, 0.1) is 0 Å². The van der Waals surface area contributed by atoms with E-state index in [9.17, 15) is 9.90 Å². The number of rotatable bonds is 5. The zero-order chi connectivity index (χ0) is 13.0. The van der Waals surface area contributed by atoms with Gasteiger partial charge < -0.3 is 5.11 Å². The van der Waals surface area contributed by atoms with Gasteiger partial charge >= 0.3 is 0 Å². The predicted molar refractivity (Wildman–Crippen MR) is 64.1 cm³/mol. The molecule has 0 spiro atoms. The van der Waals surface area contributed by atoms with Crippen molar-refractivity contribution in [2.45, 2.75) is 26.4 Å². The smallest absolute Gasteiger partial charge is 0.159 e. The van der Waals surface area contributed by atoms with Gasteiger partial charge in [0.25, 0.3) is 0 Å². The molecule has 0 aromatic heterocycles. The molecule has 1 unspecified atom stereocenters. The van der Waals surface area contributed by atoms with Crippen molar-refractivity contribution >= 4 is 5.78 Å². The Morgan fingerprint density at radius 3 is 2.59 bits per heavy atom. The molecule has 0 amide bonds. The summed E-state index contributed by atoms with van der Waals surface area (Å²) in [6.45, 7) is 6.84. The van der Waals surface area contributed by atoms with Crippen LogP contribution in [0.25, 0.3) is 0 Å². The lowest BCUT2D eigenvalue weighted by Crippen LogP contribution is -2.15. The normalized spacial score (nSPS) is 12.2. The number of Topliss-reactive ketones (excluding diaryl/α,β-unsaturated/α-hetero) is 1. The second-order valence-electron chi connectivity index (χ2n) is 4.04. The molecule has 92 valence electrons. The van der Waals surface area contributed by atoms with E-state index in [1.54, 1.807) is 19.1 Å². The number of hydrogen-bond acceptors (Lipinski definition) is 4. The molecule has 1 aromatic rings. The molecule has 0 saturated heterocycles. The van der Waals surface area contributed by atoms with Crippen molar-refractivity contribution in [2.75, 3.05) is 0 Å². The van der Waals surface area contributed by atoms with Crippen LogP contribution in [0.5, 0.6) is 5.75 Å². The number of carbonyl (C=O) groups is 1. The monoisotopic (exact) mass is 236 g/mol. The van der Waals surface area contributed by atoms with Gasteiger partial charge in [-0.1, -0.05) is 6.58 Å². The average molecular weight is 236 g/mol. The SMILES string of the molecule is C=C(C)C(Cc1cc(C(C)=O)ccc1O)OO. The first kappa shape index (κ1) is 13.4. The number of hydrogen-bond donors (Lipinski definition) is 2. The first-order valence-corrected chi connectivity index (χ1v) is 5.24. The van der Waals surface area contributed by atoms with Gasteiger partial charge in [-0.05, 0) is 43.2 Å². The number of carbonyl (C=O) groups excluding carboxylic acids is 1. The van der Waals surface area contributed by atoms with Gasteiger partial charge in [-0.25, -0.2) is 4.89 Å². The largest absolute Gasteiger partial charge is 0.508 e. The summed E-state index contributed by atoms with van der Waals surface area (Å²) in [6.07, 6.45) is -0.332. The maximum absolute atomic E-state index is 11.2. The summed E-state index contributed by atoms with van der Waals surface area (Å²) in [7, 11) is 0. The summed E-state index contributed by atoms with van der Waals surface area (Å²) in [5.74, 6) is -0.0126. The number of phenols is 1. The van der Waals surface area contributed by atoms with Crippen molar-refractivity contribution in [1.29, 1.82) is 0 Å². The summed E-state index contributed by atoms with van der Waals surface area (Å²) in [5, 5.41) is 18.4.